The first-order valence-corrected chi connectivity index (χ1v) is 10.1. The van der Waals surface area contributed by atoms with Crippen molar-refractivity contribution in [2.75, 3.05) is 6.26 Å². The number of hydrogen-bond acceptors (Lipinski definition) is 6. The number of nitrogens with two attached hydrogens (primary N) is 1. The molecule has 2 aromatic carbocycles. The molecule has 0 unspecified atom stereocenters. The minimum absolute atomic E-state index is 0.0848. The number of amides is 1. The van der Waals surface area contributed by atoms with Gasteiger partial charge >= 0.3 is 6.36 Å². The average molecular weight is 430 g/mol. The molecule has 4 rings (SSSR count). The van der Waals surface area contributed by atoms with Gasteiger partial charge in [-0.3, -0.25) is 10.1 Å². The van der Waals surface area contributed by atoms with Gasteiger partial charge in [0.2, 0.25) is 5.72 Å². The van der Waals surface area contributed by atoms with Crippen molar-refractivity contribution in [2.45, 2.75) is 25.1 Å². The summed E-state index contributed by atoms with van der Waals surface area (Å²) < 4.78 is 70.7. The summed E-state index contributed by atoms with van der Waals surface area (Å²) in [5.74, 6) is -1.57. The van der Waals surface area contributed by atoms with Crippen LogP contribution in [0, 0.1) is 0 Å². The van der Waals surface area contributed by atoms with Crippen molar-refractivity contribution in [1.29, 1.82) is 0 Å². The molecule has 2 aliphatic carbocycles. The fourth-order valence-electron chi connectivity index (χ4n) is 3.17. The molecule has 2 aromatic rings. The first-order chi connectivity index (χ1) is 13.3. The fourth-order valence-corrected chi connectivity index (χ4v) is 3.91. The van der Waals surface area contributed by atoms with Gasteiger partial charge in [0.1, 0.15) is 5.75 Å². The number of fused-ring (bicyclic) bond motifs is 2. The first-order valence-electron chi connectivity index (χ1n) is 8.27. The smallest absolute Gasteiger partial charge is 0.405 e. The lowest BCUT2D eigenvalue weighted by Crippen LogP contribution is -2.58. The molecule has 1 amide bonds. The number of benzene rings is 2. The molecule has 29 heavy (non-hydrogen) atoms. The summed E-state index contributed by atoms with van der Waals surface area (Å²) >= 11 is 0. The monoisotopic (exact) mass is 430 g/mol. The van der Waals surface area contributed by atoms with Crippen LogP contribution in [-0.4, -0.2) is 32.7 Å². The van der Waals surface area contributed by atoms with Crippen molar-refractivity contribution in [1.82, 2.24) is 5.32 Å². The zero-order valence-electron chi connectivity index (χ0n) is 15.3. The van der Waals surface area contributed by atoms with E-state index in [2.05, 4.69) is 10.1 Å². The van der Waals surface area contributed by atoms with E-state index in [1.165, 1.54) is 6.07 Å². The second-order valence-electron chi connectivity index (χ2n) is 6.62. The third-order valence-corrected chi connectivity index (χ3v) is 4.97. The molecule has 0 spiro atoms. The molecule has 0 fully saturated rings. The Balaban J connectivity index is 2.05. The molecule has 7 nitrogen and oxygen atoms in total. The van der Waals surface area contributed by atoms with Crippen molar-refractivity contribution in [2.24, 2.45) is 5.73 Å². The number of ether oxygens (including phenoxy) is 1. The van der Waals surface area contributed by atoms with Crippen LogP contribution in [0.4, 0.5) is 13.2 Å². The molecule has 2 aliphatic rings. The van der Waals surface area contributed by atoms with Crippen molar-refractivity contribution >= 4 is 16.0 Å². The molecule has 11 heteroatoms. The van der Waals surface area contributed by atoms with Gasteiger partial charge in [-0.1, -0.05) is 42.5 Å². The highest BCUT2D eigenvalue weighted by molar-refractivity contribution is 7.86. The van der Waals surface area contributed by atoms with Gasteiger partial charge < -0.3 is 10.5 Å². The van der Waals surface area contributed by atoms with E-state index in [9.17, 15) is 26.4 Å². The highest BCUT2D eigenvalue weighted by Crippen LogP contribution is 2.53. The Kier molecular flexibility index (Phi) is 5.10. The van der Waals surface area contributed by atoms with Gasteiger partial charge in [0, 0.05) is 11.1 Å². The Bertz CT molecular complexity index is 1060. The summed E-state index contributed by atoms with van der Waals surface area (Å²) in [5, 5.41) is 2.61. The SMILES string of the molecule is C[C@](N[C@H]1c2ccc(-c3ccccc3)c1c2OC(F)(F)F)(OS(C)(=O)=O)C(N)=O. The van der Waals surface area contributed by atoms with Crippen LogP contribution >= 0.6 is 0 Å². The van der Waals surface area contributed by atoms with E-state index in [0.29, 0.717) is 11.1 Å². The van der Waals surface area contributed by atoms with Crippen molar-refractivity contribution in [3.8, 4) is 16.9 Å². The maximum Gasteiger partial charge on any atom is 0.573 e. The zero-order chi connectivity index (χ0) is 21.6. The van der Waals surface area contributed by atoms with Crippen LogP contribution in [0.25, 0.3) is 11.1 Å². The van der Waals surface area contributed by atoms with E-state index in [4.69, 9.17) is 9.92 Å². The molecule has 0 saturated heterocycles. The molecule has 0 aromatic heterocycles. The molecule has 0 saturated carbocycles. The largest absolute Gasteiger partial charge is 0.573 e. The molecular formula is C18H17F3N2O5S. The third-order valence-electron chi connectivity index (χ3n) is 4.34. The summed E-state index contributed by atoms with van der Waals surface area (Å²) in [6.07, 6.45) is -4.20. The number of carbonyl (C=O) groups excluding carboxylic acids is 1. The summed E-state index contributed by atoms with van der Waals surface area (Å²) in [6.45, 7) is 1.09. The molecule has 0 heterocycles. The number of alkyl halides is 3. The Morgan fingerprint density at radius 3 is 2.28 bits per heavy atom. The van der Waals surface area contributed by atoms with Crippen LogP contribution in [0.15, 0.2) is 42.5 Å². The summed E-state index contributed by atoms with van der Waals surface area (Å²) in [4.78, 5) is 11.9. The van der Waals surface area contributed by atoms with Crippen LogP contribution in [0.5, 0.6) is 5.75 Å². The second kappa shape index (κ2) is 7.01. The molecule has 156 valence electrons. The normalized spacial score (nSPS) is 17.9. The van der Waals surface area contributed by atoms with Gasteiger partial charge in [-0.25, -0.2) is 4.18 Å². The lowest BCUT2D eigenvalue weighted by Gasteiger charge is -2.40. The van der Waals surface area contributed by atoms with Crippen molar-refractivity contribution in [3.05, 3.63) is 53.6 Å². The number of hydrogen-bond donors (Lipinski definition) is 2. The predicted molar refractivity (Wildman–Crippen MR) is 97.1 cm³/mol. The zero-order valence-corrected chi connectivity index (χ0v) is 16.1. The fraction of sp³-hybridized carbons (Fsp3) is 0.278. The molecule has 2 atom stereocenters. The number of rotatable bonds is 7. The number of carbonyl (C=O) groups is 1. The molecule has 3 N–H and O–H groups in total. The van der Waals surface area contributed by atoms with Gasteiger partial charge in [-0.05, 0) is 18.1 Å². The van der Waals surface area contributed by atoms with Gasteiger partial charge in [-0.2, -0.15) is 8.42 Å². The van der Waals surface area contributed by atoms with Gasteiger partial charge in [0.25, 0.3) is 16.0 Å². The standard InChI is InChI=1S/C18H17F3N2O5S/c1-17(16(22)24,28-29(2,25)26)23-14-12-9-8-11(10-6-4-3-5-7-10)13(14)15(12)27-18(19,20)21/h3-9,14,23H,1-2H3,(H2,22,24)/t14-,17-/m0/s1. The topological polar surface area (TPSA) is 108 Å². The van der Waals surface area contributed by atoms with Gasteiger partial charge in [0.05, 0.1) is 12.3 Å². The molecule has 0 radical (unpaired) electrons. The van der Waals surface area contributed by atoms with E-state index >= 15 is 0 Å². The maximum absolute atomic E-state index is 12.9. The van der Waals surface area contributed by atoms with Crippen molar-refractivity contribution < 1.29 is 35.3 Å². The Hall–Kier alpha value is -2.63. The highest BCUT2D eigenvalue weighted by atomic mass is 32.2. The van der Waals surface area contributed by atoms with E-state index in [-0.39, 0.29) is 11.1 Å². The van der Waals surface area contributed by atoms with Crippen LogP contribution in [0.1, 0.15) is 24.1 Å². The summed E-state index contributed by atoms with van der Waals surface area (Å²) in [7, 11) is -4.11. The number of halogens is 3. The molecule has 0 aliphatic heterocycles. The Morgan fingerprint density at radius 2 is 1.76 bits per heavy atom. The molecule has 2 bridgehead atoms. The maximum atomic E-state index is 12.9. The number of nitrogens with one attached hydrogen (secondary N) is 1. The van der Waals surface area contributed by atoms with Crippen LogP contribution < -0.4 is 15.8 Å². The summed E-state index contributed by atoms with van der Waals surface area (Å²) in [6, 6.07) is 10.6. The Labute approximate surface area is 164 Å². The average Bonchev–Trinajstić information content (AvgIpc) is 2.59. The van der Waals surface area contributed by atoms with E-state index in [1.807, 2.05) is 0 Å². The first kappa shape index (κ1) is 21.1. The van der Waals surface area contributed by atoms with Gasteiger partial charge in [-0.15, -0.1) is 13.2 Å². The van der Waals surface area contributed by atoms with Crippen molar-refractivity contribution in [3.63, 3.8) is 0 Å². The van der Waals surface area contributed by atoms with Crippen LogP contribution in [-0.2, 0) is 19.1 Å². The lowest BCUT2D eigenvalue weighted by molar-refractivity contribution is -0.276. The minimum atomic E-state index is -4.93. The van der Waals surface area contributed by atoms with Crippen LogP contribution in [0.2, 0.25) is 0 Å². The van der Waals surface area contributed by atoms with E-state index < -0.39 is 39.9 Å². The quantitative estimate of drug-likeness (QED) is 0.516. The molecular weight excluding hydrogens is 413 g/mol. The summed E-state index contributed by atoms with van der Waals surface area (Å²) in [5.41, 5.74) is 4.32. The van der Waals surface area contributed by atoms with Crippen LogP contribution in [0.3, 0.4) is 0 Å². The van der Waals surface area contributed by atoms with Gasteiger partial charge in [0.15, 0.2) is 0 Å². The van der Waals surface area contributed by atoms with E-state index in [1.54, 1.807) is 36.4 Å². The third kappa shape index (κ3) is 4.36. The second-order valence-corrected chi connectivity index (χ2v) is 8.20. The number of primary amides is 1. The van der Waals surface area contributed by atoms with E-state index in [0.717, 1.165) is 13.2 Å². The highest BCUT2D eigenvalue weighted by Gasteiger charge is 2.47. The lowest BCUT2D eigenvalue weighted by atomic mass is 9.78. The minimum Gasteiger partial charge on any atom is -0.405 e. The Morgan fingerprint density at radius 1 is 1.14 bits per heavy atom. The predicted octanol–water partition coefficient (Wildman–Crippen LogP) is 2.42.